The van der Waals surface area contributed by atoms with Crippen molar-refractivity contribution in [2.75, 3.05) is 24.7 Å². The molecule has 0 aliphatic carbocycles. The summed E-state index contributed by atoms with van der Waals surface area (Å²) in [6.45, 7) is 0. The van der Waals surface area contributed by atoms with Gasteiger partial charge < -0.3 is 14.7 Å². The zero-order valence-corrected chi connectivity index (χ0v) is 23.0. The summed E-state index contributed by atoms with van der Waals surface area (Å²) in [5.74, 6) is -0.0338. The number of anilines is 1. The third-order valence-corrected chi connectivity index (χ3v) is 8.00. The van der Waals surface area contributed by atoms with Crippen molar-refractivity contribution in [1.82, 2.24) is 25.3 Å². The van der Waals surface area contributed by atoms with Crippen LogP contribution in [0.15, 0.2) is 77.6 Å². The number of aromatic amines is 1. The maximum Gasteiger partial charge on any atom is 0.255 e. The van der Waals surface area contributed by atoms with E-state index in [9.17, 15) is 17.6 Å². The van der Waals surface area contributed by atoms with Crippen molar-refractivity contribution in [2.24, 2.45) is 0 Å². The van der Waals surface area contributed by atoms with Crippen molar-refractivity contribution in [2.45, 2.75) is 0 Å². The standard InChI is InChI=1S/C29H23FN6O4S/c1-31-29(37)25-21-12-20(17-5-4-6-18(11-17)27-34-22-14-32-15-33-28(22)35-27)23(36(2)41(3,38)39)13-24(21)40-26(25)16-7-9-19(30)10-8-16/h4-15H,1-3H3,(H,31,37)(H,32,33,34,35). The molecule has 0 spiro atoms. The van der Waals surface area contributed by atoms with Gasteiger partial charge in [-0.3, -0.25) is 9.10 Å². The summed E-state index contributed by atoms with van der Waals surface area (Å²) >= 11 is 0. The monoisotopic (exact) mass is 570 g/mol. The number of fused-ring (bicyclic) bond motifs is 2. The largest absolute Gasteiger partial charge is 0.455 e. The van der Waals surface area contributed by atoms with Gasteiger partial charge in [0.15, 0.2) is 5.65 Å². The molecule has 6 rings (SSSR count). The average molecular weight is 571 g/mol. The molecule has 0 saturated heterocycles. The van der Waals surface area contributed by atoms with E-state index in [1.165, 1.54) is 44.7 Å². The highest BCUT2D eigenvalue weighted by atomic mass is 32.2. The fraction of sp³-hybridized carbons (Fsp3) is 0.103. The molecule has 3 aromatic carbocycles. The van der Waals surface area contributed by atoms with Gasteiger partial charge >= 0.3 is 0 Å². The van der Waals surface area contributed by atoms with Crippen molar-refractivity contribution in [3.63, 3.8) is 0 Å². The molecule has 3 heterocycles. The van der Waals surface area contributed by atoms with E-state index in [0.29, 0.717) is 50.3 Å². The predicted molar refractivity (Wildman–Crippen MR) is 154 cm³/mol. The van der Waals surface area contributed by atoms with Gasteiger partial charge in [0.1, 0.15) is 34.8 Å². The maximum absolute atomic E-state index is 13.7. The summed E-state index contributed by atoms with van der Waals surface area (Å²) in [6.07, 6.45) is 4.14. The summed E-state index contributed by atoms with van der Waals surface area (Å²) in [4.78, 5) is 29.1. The molecule has 0 atom stereocenters. The number of nitrogens with zero attached hydrogens (tertiary/aromatic N) is 4. The third kappa shape index (κ3) is 4.67. The van der Waals surface area contributed by atoms with Crippen LogP contribution >= 0.6 is 0 Å². The number of furan rings is 1. The number of carbonyl (C=O) groups excluding carboxylic acids is 1. The van der Waals surface area contributed by atoms with Crippen LogP contribution in [0.3, 0.4) is 0 Å². The minimum absolute atomic E-state index is 0.238. The van der Waals surface area contributed by atoms with Crippen LogP contribution in [-0.4, -0.2) is 54.6 Å². The number of hydrogen-bond donors (Lipinski definition) is 2. The van der Waals surface area contributed by atoms with Crippen LogP contribution in [0.5, 0.6) is 0 Å². The summed E-state index contributed by atoms with van der Waals surface area (Å²) in [5, 5.41) is 3.11. The second kappa shape index (κ2) is 9.82. The lowest BCUT2D eigenvalue weighted by Gasteiger charge is -2.21. The normalized spacial score (nSPS) is 11.7. The topological polar surface area (TPSA) is 134 Å². The number of nitrogens with one attached hydrogen (secondary N) is 2. The number of halogens is 1. The van der Waals surface area contributed by atoms with Gasteiger partial charge in [-0.15, -0.1) is 0 Å². The molecule has 2 N–H and O–H groups in total. The lowest BCUT2D eigenvalue weighted by Crippen LogP contribution is -2.25. The highest BCUT2D eigenvalue weighted by Crippen LogP contribution is 2.42. The Morgan fingerprint density at radius 1 is 1.05 bits per heavy atom. The van der Waals surface area contributed by atoms with E-state index in [1.807, 2.05) is 24.3 Å². The maximum atomic E-state index is 13.7. The molecule has 0 unspecified atom stereocenters. The highest BCUT2D eigenvalue weighted by molar-refractivity contribution is 7.92. The highest BCUT2D eigenvalue weighted by Gasteiger charge is 2.26. The lowest BCUT2D eigenvalue weighted by atomic mass is 9.97. The minimum atomic E-state index is -3.68. The molecule has 0 aliphatic rings. The number of hydrogen-bond acceptors (Lipinski definition) is 7. The van der Waals surface area contributed by atoms with Crippen LogP contribution in [0.4, 0.5) is 10.1 Å². The van der Waals surface area contributed by atoms with E-state index >= 15 is 0 Å². The molecule has 206 valence electrons. The molecule has 41 heavy (non-hydrogen) atoms. The summed E-state index contributed by atoms with van der Waals surface area (Å²) in [6, 6.07) is 16.3. The van der Waals surface area contributed by atoms with E-state index < -0.39 is 21.7 Å². The Kier molecular flexibility index (Phi) is 6.26. The fourth-order valence-electron chi connectivity index (χ4n) is 4.69. The SMILES string of the molecule is CNC(=O)c1c(-c2ccc(F)cc2)oc2cc(N(C)S(C)(=O)=O)c(-c3cccc(-c4nc5cncnc5[nH]4)c3)cc12. The number of imidazole rings is 1. The minimum Gasteiger partial charge on any atom is -0.455 e. The molecule has 6 aromatic rings. The summed E-state index contributed by atoms with van der Waals surface area (Å²) in [7, 11) is -0.726. The van der Waals surface area contributed by atoms with Crippen LogP contribution in [0.25, 0.3) is 56.0 Å². The number of sulfonamides is 1. The van der Waals surface area contributed by atoms with Crippen LogP contribution < -0.4 is 9.62 Å². The van der Waals surface area contributed by atoms with Crippen molar-refractivity contribution in [1.29, 1.82) is 0 Å². The first kappa shape index (κ1) is 26.1. The van der Waals surface area contributed by atoms with Gasteiger partial charge in [-0.25, -0.2) is 27.8 Å². The van der Waals surface area contributed by atoms with E-state index in [-0.39, 0.29) is 11.3 Å². The van der Waals surface area contributed by atoms with Gasteiger partial charge in [0.2, 0.25) is 10.0 Å². The van der Waals surface area contributed by atoms with Crippen molar-refractivity contribution in [3.05, 3.63) is 84.6 Å². The molecule has 10 nitrogen and oxygen atoms in total. The molecule has 0 fully saturated rings. The van der Waals surface area contributed by atoms with Gasteiger partial charge in [-0.2, -0.15) is 0 Å². The Balaban J connectivity index is 1.61. The second-order valence-corrected chi connectivity index (χ2v) is 11.4. The van der Waals surface area contributed by atoms with Gasteiger partial charge in [0, 0.05) is 42.2 Å². The Morgan fingerprint density at radius 2 is 1.80 bits per heavy atom. The molecule has 0 saturated carbocycles. The van der Waals surface area contributed by atoms with Crippen LogP contribution in [-0.2, 0) is 10.0 Å². The number of H-pyrrole nitrogens is 1. The second-order valence-electron chi connectivity index (χ2n) is 9.41. The summed E-state index contributed by atoms with van der Waals surface area (Å²) in [5.41, 5.74) is 4.52. The van der Waals surface area contributed by atoms with Crippen molar-refractivity contribution in [3.8, 4) is 33.8 Å². The third-order valence-electron chi connectivity index (χ3n) is 6.81. The Labute approximate surface area is 233 Å². The molecule has 12 heteroatoms. The Morgan fingerprint density at radius 3 is 2.51 bits per heavy atom. The zero-order valence-electron chi connectivity index (χ0n) is 22.1. The average Bonchev–Trinajstić information content (AvgIpc) is 3.57. The predicted octanol–water partition coefficient (Wildman–Crippen LogP) is 4.99. The van der Waals surface area contributed by atoms with E-state index in [1.54, 1.807) is 18.3 Å². The number of rotatable bonds is 6. The number of aromatic nitrogens is 4. The van der Waals surface area contributed by atoms with Crippen molar-refractivity contribution < 1.29 is 22.0 Å². The molecule has 0 bridgehead atoms. The van der Waals surface area contributed by atoms with Crippen LogP contribution in [0, 0.1) is 5.82 Å². The Hall–Kier alpha value is -5.10. The van der Waals surface area contributed by atoms with Crippen molar-refractivity contribution >= 4 is 43.8 Å². The van der Waals surface area contributed by atoms with Crippen LogP contribution in [0.2, 0.25) is 0 Å². The first-order valence-corrected chi connectivity index (χ1v) is 14.3. The molecule has 3 aromatic heterocycles. The van der Waals surface area contributed by atoms with E-state index in [2.05, 4.69) is 25.3 Å². The number of amides is 1. The molecule has 1 amide bonds. The van der Waals surface area contributed by atoms with Gasteiger partial charge in [-0.05, 0) is 42.0 Å². The van der Waals surface area contributed by atoms with Gasteiger partial charge in [0.25, 0.3) is 5.91 Å². The molecular formula is C29H23FN6O4S. The lowest BCUT2D eigenvalue weighted by molar-refractivity contribution is 0.0964. The van der Waals surface area contributed by atoms with E-state index in [4.69, 9.17) is 4.42 Å². The number of benzene rings is 3. The molecular weight excluding hydrogens is 547 g/mol. The Bertz CT molecular complexity index is 2040. The molecule has 0 radical (unpaired) electrons. The number of carbonyl (C=O) groups is 1. The fourth-order valence-corrected chi connectivity index (χ4v) is 5.20. The van der Waals surface area contributed by atoms with Crippen LogP contribution in [0.1, 0.15) is 10.4 Å². The first-order chi connectivity index (χ1) is 19.6. The zero-order chi connectivity index (χ0) is 28.9. The smallest absolute Gasteiger partial charge is 0.255 e. The molecule has 0 aliphatic heterocycles. The van der Waals surface area contributed by atoms with Gasteiger partial charge in [0.05, 0.1) is 23.7 Å². The first-order valence-electron chi connectivity index (χ1n) is 12.4. The van der Waals surface area contributed by atoms with Gasteiger partial charge in [-0.1, -0.05) is 18.2 Å². The quantitative estimate of drug-likeness (QED) is 0.288. The summed E-state index contributed by atoms with van der Waals surface area (Å²) < 4.78 is 46.3. The van der Waals surface area contributed by atoms with E-state index in [0.717, 1.165) is 16.1 Å².